The van der Waals surface area contributed by atoms with Crippen LogP contribution in [0.5, 0.6) is 0 Å². The summed E-state index contributed by atoms with van der Waals surface area (Å²) < 4.78 is 1.48. The Morgan fingerprint density at radius 1 is 1.28 bits per heavy atom. The van der Waals surface area contributed by atoms with Gasteiger partial charge in [0.15, 0.2) is 0 Å². The van der Waals surface area contributed by atoms with Gasteiger partial charge in [0.05, 0.1) is 17.5 Å². The van der Waals surface area contributed by atoms with E-state index in [1.807, 2.05) is 18.2 Å². The number of hydrogen-bond acceptors (Lipinski definition) is 6. The summed E-state index contributed by atoms with van der Waals surface area (Å²) >= 11 is 0. The van der Waals surface area contributed by atoms with E-state index in [1.54, 1.807) is 13.4 Å². The largest absolute Gasteiger partial charge is 0.396 e. The van der Waals surface area contributed by atoms with Crippen LogP contribution in [-0.2, 0) is 12.6 Å². The lowest BCUT2D eigenvalue weighted by molar-refractivity contribution is 0.238. The maximum atomic E-state index is 12.9. The van der Waals surface area contributed by atoms with E-state index in [-0.39, 0.29) is 23.6 Å². The van der Waals surface area contributed by atoms with Crippen molar-refractivity contribution in [2.45, 2.75) is 24.8 Å². The van der Waals surface area contributed by atoms with Gasteiger partial charge in [0, 0.05) is 43.8 Å². The number of aliphatic hydroxyl groups is 1. The molecule has 0 radical (unpaired) electrons. The minimum atomic E-state index is -0.164. The highest BCUT2D eigenvalue weighted by molar-refractivity contribution is 5.91. The van der Waals surface area contributed by atoms with Gasteiger partial charge in [0.2, 0.25) is 0 Å². The molecule has 1 saturated heterocycles. The fourth-order valence-corrected chi connectivity index (χ4v) is 4.15. The number of fused-ring (bicyclic) bond motifs is 1. The van der Waals surface area contributed by atoms with Crippen molar-refractivity contribution in [1.29, 1.82) is 0 Å². The number of hydrogen-bond donors (Lipinski definition) is 2. The summed E-state index contributed by atoms with van der Waals surface area (Å²) in [6.07, 6.45) is 4.49. The molecule has 29 heavy (non-hydrogen) atoms. The Labute approximate surface area is 168 Å². The molecule has 7 heteroatoms. The summed E-state index contributed by atoms with van der Waals surface area (Å²) in [6.45, 7) is 1.60. The monoisotopic (exact) mass is 391 g/mol. The normalized spacial score (nSPS) is 20.4. The second-order valence-electron chi connectivity index (χ2n) is 8.40. The number of aromatic nitrogens is 3. The Morgan fingerprint density at radius 2 is 2.03 bits per heavy atom. The fourth-order valence-electron chi connectivity index (χ4n) is 4.15. The summed E-state index contributed by atoms with van der Waals surface area (Å²) in [5, 5.41) is 10.1. The Balaban J connectivity index is 1.63. The van der Waals surface area contributed by atoms with Gasteiger partial charge >= 0.3 is 0 Å². The lowest BCUT2D eigenvalue weighted by atomic mass is 10.0. The average Bonchev–Trinajstić information content (AvgIpc) is 3.31. The van der Waals surface area contributed by atoms with E-state index in [2.05, 4.69) is 22.0 Å². The van der Waals surface area contributed by atoms with Crippen LogP contribution >= 0.6 is 0 Å². The van der Waals surface area contributed by atoms with E-state index in [4.69, 9.17) is 10.7 Å². The third-order valence-electron chi connectivity index (χ3n) is 6.27. The van der Waals surface area contributed by atoms with Gasteiger partial charge in [-0.05, 0) is 30.9 Å². The Morgan fingerprint density at radius 3 is 2.69 bits per heavy atom. The molecule has 0 unspecified atom stereocenters. The minimum absolute atomic E-state index is 0.106. The van der Waals surface area contributed by atoms with Gasteiger partial charge in [0.1, 0.15) is 11.2 Å². The summed E-state index contributed by atoms with van der Waals surface area (Å²) in [7, 11) is 1.70. The molecule has 3 aromatic rings. The number of rotatable bonds is 4. The SMILES string of the molecule is Cn1cnc2cc(-c3ccc(C4(N)CC4)cc3)nc(N3CC[C@H](CO)C3)c2c1=O. The predicted molar refractivity (Wildman–Crippen MR) is 113 cm³/mol. The van der Waals surface area contributed by atoms with E-state index in [1.165, 1.54) is 4.57 Å². The zero-order valence-electron chi connectivity index (χ0n) is 16.5. The van der Waals surface area contributed by atoms with E-state index in [9.17, 15) is 9.90 Å². The number of aliphatic hydroxyl groups excluding tert-OH is 1. The van der Waals surface area contributed by atoms with Crippen LogP contribution in [0.15, 0.2) is 41.5 Å². The van der Waals surface area contributed by atoms with Crippen LogP contribution in [0.2, 0.25) is 0 Å². The number of pyridine rings is 1. The van der Waals surface area contributed by atoms with Gasteiger partial charge in [-0.2, -0.15) is 0 Å². The highest BCUT2D eigenvalue weighted by atomic mass is 16.3. The summed E-state index contributed by atoms with van der Waals surface area (Å²) in [5.74, 6) is 0.860. The second-order valence-corrected chi connectivity index (χ2v) is 8.40. The van der Waals surface area contributed by atoms with E-state index < -0.39 is 0 Å². The molecule has 2 aliphatic rings. The maximum absolute atomic E-state index is 12.9. The molecule has 2 aromatic heterocycles. The first-order valence-electron chi connectivity index (χ1n) is 10.1. The van der Waals surface area contributed by atoms with Crippen molar-refractivity contribution in [2.24, 2.45) is 18.7 Å². The number of anilines is 1. The molecule has 1 saturated carbocycles. The summed E-state index contributed by atoms with van der Waals surface area (Å²) in [5.41, 5.74) is 9.59. The lowest BCUT2D eigenvalue weighted by Gasteiger charge is -2.20. The molecule has 3 heterocycles. The molecule has 5 rings (SSSR count). The highest BCUT2D eigenvalue weighted by Gasteiger charge is 2.39. The molecule has 1 aliphatic heterocycles. The predicted octanol–water partition coefficient (Wildman–Crippen LogP) is 1.76. The van der Waals surface area contributed by atoms with Crippen LogP contribution in [0.25, 0.3) is 22.2 Å². The van der Waals surface area contributed by atoms with Crippen molar-refractivity contribution >= 4 is 16.7 Å². The Kier molecular flexibility index (Phi) is 4.18. The van der Waals surface area contributed by atoms with Crippen LogP contribution < -0.4 is 16.2 Å². The number of nitrogens with zero attached hydrogens (tertiary/aromatic N) is 4. The van der Waals surface area contributed by atoms with Crippen LogP contribution in [0.3, 0.4) is 0 Å². The highest BCUT2D eigenvalue weighted by Crippen LogP contribution is 2.43. The van der Waals surface area contributed by atoms with Gasteiger partial charge in [-0.1, -0.05) is 24.3 Å². The second kappa shape index (κ2) is 6.64. The first-order valence-corrected chi connectivity index (χ1v) is 10.1. The Bertz CT molecular complexity index is 1130. The average molecular weight is 391 g/mol. The third-order valence-corrected chi connectivity index (χ3v) is 6.27. The first-order chi connectivity index (χ1) is 14.0. The third kappa shape index (κ3) is 3.10. The maximum Gasteiger partial charge on any atom is 0.264 e. The first kappa shape index (κ1) is 18.3. The van der Waals surface area contributed by atoms with Crippen molar-refractivity contribution in [3.05, 3.63) is 52.6 Å². The molecular formula is C22H25N5O2. The topological polar surface area (TPSA) is 97.3 Å². The van der Waals surface area contributed by atoms with Gasteiger partial charge in [-0.25, -0.2) is 9.97 Å². The van der Waals surface area contributed by atoms with Gasteiger partial charge in [-0.15, -0.1) is 0 Å². The molecule has 3 N–H and O–H groups in total. The van der Waals surface area contributed by atoms with E-state index >= 15 is 0 Å². The molecule has 7 nitrogen and oxygen atoms in total. The molecule has 0 amide bonds. The van der Waals surface area contributed by atoms with Crippen LogP contribution in [0.1, 0.15) is 24.8 Å². The Hall–Kier alpha value is -2.77. The van der Waals surface area contributed by atoms with Gasteiger partial charge in [0.25, 0.3) is 5.56 Å². The molecule has 0 spiro atoms. The standard InChI is InChI=1S/C22H25N5O2/c1-26-13-24-18-10-17(15-2-4-16(5-3-15)22(23)7-8-22)25-20(19(18)21(26)29)27-9-6-14(11-27)12-28/h2-5,10,13-14,28H,6-9,11-12,23H2,1H3/t14-/m0/s1. The quantitative estimate of drug-likeness (QED) is 0.703. The summed E-state index contributed by atoms with van der Waals surface area (Å²) in [6, 6.07) is 10.1. The molecule has 2 fully saturated rings. The molecule has 1 aromatic carbocycles. The molecular weight excluding hydrogens is 366 g/mol. The van der Waals surface area contributed by atoms with E-state index in [0.717, 1.165) is 42.6 Å². The smallest absolute Gasteiger partial charge is 0.264 e. The molecule has 150 valence electrons. The zero-order chi connectivity index (χ0) is 20.2. The lowest BCUT2D eigenvalue weighted by Crippen LogP contribution is -2.26. The van der Waals surface area contributed by atoms with Crippen molar-refractivity contribution < 1.29 is 5.11 Å². The fraction of sp³-hybridized carbons (Fsp3) is 0.409. The van der Waals surface area contributed by atoms with E-state index in [0.29, 0.717) is 23.3 Å². The zero-order valence-corrected chi connectivity index (χ0v) is 16.5. The number of aryl methyl sites for hydroxylation is 1. The van der Waals surface area contributed by atoms with Crippen molar-refractivity contribution in [3.63, 3.8) is 0 Å². The van der Waals surface area contributed by atoms with Crippen LogP contribution in [0, 0.1) is 5.92 Å². The summed E-state index contributed by atoms with van der Waals surface area (Å²) in [4.78, 5) is 24.3. The van der Waals surface area contributed by atoms with Crippen molar-refractivity contribution in [1.82, 2.24) is 14.5 Å². The van der Waals surface area contributed by atoms with Gasteiger partial charge < -0.3 is 20.3 Å². The molecule has 1 atom stereocenters. The number of benzene rings is 1. The molecule has 0 bridgehead atoms. The minimum Gasteiger partial charge on any atom is -0.396 e. The molecule has 1 aliphatic carbocycles. The van der Waals surface area contributed by atoms with Crippen LogP contribution in [0.4, 0.5) is 5.82 Å². The van der Waals surface area contributed by atoms with Crippen LogP contribution in [-0.4, -0.2) is 39.3 Å². The van der Waals surface area contributed by atoms with Crippen molar-refractivity contribution in [2.75, 3.05) is 24.6 Å². The van der Waals surface area contributed by atoms with Gasteiger partial charge in [-0.3, -0.25) is 4.79 Å². The van der Waals surface area contributed by atoms with Crippen molar-refractivity contribution in [3.8, 4) is 11.3 Å². The number of nitrogens with two attached hydrogens (primary N) is 1.